The molecule has 4 rings (SSSR count). The molecule has 1 aromatic heterocycles. The second-order valence-corrected chi connectivity index (χ2v) is 6.47. The van der Waals surface area contributed by atoms with Gasteiger partial charge in [-0.25, -0.2) is 9.59 Å². The molecule has 0 saturated carbocycles. The number of fused-ring (bicyclic) bond motifs is 3. The molecule has 7 nitrogen and oxygen atoms in total. The van der Waals surface area contributed by atoms with Crippen LogP contribution in [-0.2, 0) is 4.79 Å². The van der Waals surface area contributed by atoms with Crippen LogP contribution >= 0.6 is 0 Å². The standard InChI is InChI=1S/C22H18O7/c1-11-7-18(23)29-20-13(11)5-6-15-19(20)14(22(24)28-15)8-12-9-16(25-2)21(27-4)17(10-12)26-3/h5-10H,1-4H3. The van der Waals surface area contributed by atoms with Crippen molar-refractivity contribution in [2.45, 2.75) is 6.92 Å². The van der Waals surface area contributed by atoms with Crippen LogP contribution in [0.4, 0.5) is 0 Å². The monoisotopic (exact) mass is 394 g/mol. The Labute approximate surface area is 166 Å². The van der Waals surface area contributed by atoms with E-state index in [2.05, 4.69) is 0 Å². The molecule has 0 bridgehead atoms. The van der Waals surface area contributed by atoms with Crippen molar-refractivity contribution in [1.82, 2.24) is 0 Å². The molecule has 1 aliphatic heterocycles. The first-order chi connectivity index (χ1) is 14.0. The molecule has 0 aliphatic carbocycles. The number of ether oxygens (including phenoxy) is 4. The number of carbonyl (C=O) groups excluding carboxylic acids is 1. The summed E-state index contributed by atoms with van der Waals surface area (Å²) in [5.41, 5.74) is 1.93. The van der Waals surface area contributed by atoms with Gasteiger partial charge < -0.3 is 23.4 Å². The normalized spacial score (nSPS) is 14.1. The van der Waals surface area contributed by atoms with Crippen molar-refractivity contribution in [2.75, 3.05) is 21.3 Å². The van der Waals surface area contributed by atoms with Crippen molar-refractivity contribution in [3.8, 4) is 23.0 Å². The zero-order valence-electron chi connectivity index (χ0n) is 16.3. The minimum atomic E-state index is -0.537. The van der Waals surface area contributed by atoms with Crippen LogP contribution in [0, 0.1) is 6.92 Å². The zero-order chi connectivity index (χ0) is 20.7. The molecule has 2 heterocycles. The van der Waals surface area contributed by atoms with Gasteiger partial charge in [0.15, 0.2) is 17.1 Å². The largest absolute Gasteiger partial charge is 0.493 e. The summed E-state index contributed by atoms with van der Waals surface area (Å²) in [6, 6.07) is 8.30. The summed E-state index contributed by atoms with van der Waals surface area (Å²) in [5.74, 6) is 1.15. The summed E-state index contributed by atoms with van der Waals surface area (Å²) in [6.07, 6.45) is 1.64. The van der Waals surface area contributed by atoms with Crippen LogP contribution in [-0.4, -0.2) is 27.3 Å². The average Bonchev–Trinajstić information content (AvgIpc) is 3.02. The number of aryl methyl sites for hydroxylation is 1. The summed E-state index contributed by atoms with van der Waals surface area (Å²) in [5, 5.41) is 0.734. The lowest BCUT2D eigenvalue weighted by atomic mass is 9.99. The summed E-state index contributed by atoms with van der Waals surface area (Å²) < 4.78 is 26.9. The van der Waals surface area contributed by atoms with Gasteiger partial charge in [0.05, 0.1) is 32.5 Å². The van der Waals surface area contributed by atoms with Crippen molar-refractivity contribution in [2.24, 2.45) is 0 Å². The van der Waals surface area contributed by atoms with Crippen LogP contribution in [0.5, 0.6) is 23.0 Å². The highest BCUT2D eigenvalue weighted by molar-refractivity contribution is 6.28. The Kier molecular flexibility index (Phi) is 4.50. The Morgan fingerprint density at radius 1 is 0.931 bits per heavy atom. The summed E-state index contributed by atoms with van der Waals surface area (Å²) in [6.45, 7) is 1.81. The Morgan fingerprint density at radius 2 is 1.62 bits per heavy atom. The maximum atomic E-state index is 12.6. The van der Waals surface area contributed by atoms with Gasteiger partial charge in [0.25, 0.3) is 0 Å². The molecule has 0 unspecified atom stereocenters. The second kappa shape index (κ2) is 7.01. The average molecular weight is 394 g/mol. The van der Waals surface area contributed by atoms with Crippen molar-refractivity contribution in [3.05, 3.63) is 57.4 Å². The third-order valence-corrected chi connectivity index (χ3v) is 4.77. The Morgan fingerprint density at radius 3 is 2.24 bits per heavy atom. The van der Waals surface area contributed by atoms with Crippen LogP contribution in [0.2, 0.25) is 0 Å². The summed E-state index contributed by atoms with van der Waals surface area (Å²) in [4.78, 5) is 24.5. The fraction of sp³-hybridized carbons (Fsp3) is 0.182. The molecule has 0 atom stereocenters. The first-order valence-corrected chi connectivity index (χ1v) is 8.78. The van der Waals surface area contributed by atoms with Gasteiger partial charge in [-0.2, -0.15) is 0 Å². The first kappa shape index (κ1) is 18.6. The number of esters is 1. The summed E-state index contributed by atoms with van der Waals surface area (Å²) in [7, 11) is 4.54. The van der Waals surface area contributed by atoms with E-state index >= 15 is 0 Å². The molecule has 3 aromatic rings. The Bertz CT molecular complexity index is 1210. The van der Waals surface area contributed by atoms with Crippen molar-refractivity contribution < 1.29 is 28.2 Å². The lowest BCUT2D eigenvalue weighted by molar-refractivity contribution is -0.126. The van der Waals surface area contributed by atoms with Crippen LogP contribution in [0.1, 0.15) is 16.7 Å². The SMILES string of the molecule is COc1cc(C=C2C(=O)Oc3ccc4c(C)cc(=O)oc4c32)cc(OC)c1OC. The predicted octanol–water partition coefficient (Wildman–Crippen LogP) is 3.59. The lowest BCUT2D eigenvalue weighted by Gasteiger charge is -2.13. The molecule has 0 radical (unpaired) electrons. The number of hydrogen-bond donors (Lipinski definition) is 0. The molecule has 0 spiro atoms. The Balaban J connectivity index is 1.97. The van der Waals surface area contributed by atoms with Crippen LogP contribution in [0.15, 0.2) is 39.5 Å². The van der Waals surface area contributed by atoms with Crippen molar-refractivity contribution in [1.29, 1.82) is 0 Å². The molecule has 0 amide bonds. The van der Waals surface area contributed by atoms with Crippen LogP contribution in [0.25, 0.3) is 22.6 Å². The maximum absolute atomic E-state index is 12.6. The lowest BCUT2D eigenvalue weighted by Crippen LogP contribution is -2.01. The van der Waals surface area contributed by atoms with E-state index in [1.165, 1.54) is 27.4 Å². The van der Waals surface area contributed by atoms with Gasteiger partial charge in [0.2, 0.25) is 5.75 Å². The zero-order valence-corrected chi connectivity index (χ0v) is 16.3. The highest BCUT2D eigenvalue weighted by Crippen LogP contribution is 2.43. The molecule has 2 aromatic carbocycles. The van der Waals surface area contributed by atoms with Gasteiger partial charge in [0.1, 0.15) is 5.75 Å². The van der Waals surface area contributed by atoms with Gasteiger partial charge in [-0.05, 0) is 48.4 Å². The fourth-order valence-electron chi connectivity index (χ4n) is 3.45. The van der Waals surface area contributed by atoms with Gasteiger partial charge >= 0.3 is 11.6 Å². The van der Waals surface area contributed by atoms with Crippen LogP contribution in [0.3, 0.4) is 0 Å². The molecule has 1 aliphatic rings. The molecule has 148 valence electrons. The topological polar surface area (TPSA) is 84.2 Å². The van der Waals surface area contributed by atoms with Gasteiger partial charge in [-0.1, -0.05) is 0 Å². The molecule has 0 N–H and O–H groups in total. The number of hydrogen-bond acceptors (Lipinski definition) is 7. The van der Waals surface area contributed by atoms with Gasteiger partial charge in [0, 0.05) is 11.5 Å². The fourth-order valence-corrected chi connectivity index (χ4v) is 3.45. The minimum absolute atomic E-state index is 0.272. The van der Waals surface area contributed by atoms with Gasteiger partial charge in [-0.15, -0.1) is 0 Å². The van der Waals surface area contributed by atoms with E-state index in [-0.39, 0.29) is 5.57 Å². The second-order valence-electron chi connectivity index (χ2n) is 6.47. The van der Waals surface area contributed by atoms with E-state index < -0.39 is 11.6 Å². The molecule has 29 heavy (non-hydrogen) atoms. The Hall–Kier alpha value is -3.74. The molecular weight excluding hydrogens is 376 g/mol. The van der Waals surface area contributed by atoms with E-state index in [0.29, 0.717) is 39.7 Å². The number of rotatable bonds is 4. The third kappa shape index (κ3) is 3.00. The highest BCUT2D eigenvalue weighted by Gasteiger charge is 2.31. The van der Waals surface area contributed by atoms with E-state index in [1.807, 2.05) is 6.92 Å². The van der Waals surface area contributed by atoms with Crippen molar-refractivity contribution >= 4 is 28.6 Å². The molecule has 0 fully saturated rings. The summed E-state index contributed by atoms with van der Waals surface area (Å²) >= 11 is 0. The van der Waals surface area contributed by atoms with E-state index in [9.17, 15) is 9.59 Å². The number of carbonyl (C=O) groups is 1. The smallest absolute Gasteiger partial charge is 0.344 e. The van der Waals surface area contributed by atoms with Crippen LogP contribution < -0.4 is 24.6 Å². The first-order valence-electron chi connectivity index (χ1n) is 8.78. The highest BCUT2D eigenvalue weighted by atomic mass is 16.5. The number of methoxy groups -OCH3 is 3. The molecular formula is C22H18O7. The number of benzene rings is 2. The van der Waals surface area contributed by atoms with Gasteiger partial charge in [-0.3, -0.25) is 0 Å². The van der Waals surface area contributed by atoms with E-state index in [1.54, 1.807) is 30.3 Å². The third-order valence-electron chi connectivity index (χ3n) is 4.77. The van der Waals surface area contributed by atoms with E-state index in [4.69, 9.17) is 23.4 Å². The predicted molar refractivity (Wildman–Crippen MR) is 107 cm³/mol. The minimum Gasteiger partial charge on any atom is -0.493 e. The quantitative estimate of drug-likeness (QED) is 0.289. The maximum Gasteiger partial charge on any atom is 0.344 e. The molecule has 7 heteroatoms. The van der Waals surface area contributed by atoms with Crippen molar-refractivity contribution in [3.63, 3.8) is 0 Å². The van der Waals surface area contributed by atoms with E-state index in [0.717, 1.165) is 10.9 Å². The molecule has 0 saturated heterocycles.